The number of aldehydes is 1. The lowest BCUT2D eigenvalue weighted by Crippen LogP contribution is -2.44. The predicted octanol–water partition coefficient (Wildman–Crippen LogP) is 3.49. The van der Waals surface area contributed by atoms with Gasteiger partial charge in [0.05, 0.1) is 11.1 Å². The molecule has 23 heavy (non-hydrogen) atoms. The Morgan fingerprint density at radius 2 is 1.87 bits per heavy atom. The molecule has 0 aliphatic carbocycles. The zero-order chi connectivity index (χ0) is 16.8. The highest BCUT2D eigenvalue weighted by atomic mass is 127. The smallest absolute Gasteiger partial charge is 0.258 e. The Labute approximate surface area is 148 Å². The summed E-state index contributed by atoms with van der Waals surface area (Å²) in [5, 5.41) is 10.7. The van der Waals surface area contributed by atoms with Crippen molar-refractivity contribution in [3.63, 3.8) is 0 Å². The van der Waals surface area contributed by atoms with Crippen LogP contribution in [-0.2, 0) is 5.54 Å². The average Bonchev–Trinajstić information content (AvgIpc) is 2.80. The molecule has 2 aromatic rings. The Bertz CT molecular complexity index is 786. The number of hydrogen-bond donors (Lipinski definition) is 1. The summed E-state index contributed by atoms with van der Waals surface area (Å²) in [6.07, 6.45) is -0.342. The maximum Gasteiger partial charge on any atom is 0.258 e. The number of carbonyl (C=O) groups is 2. The van der Waals surface area contributed by atoms with Crippen LogP contribution in [-0.4, -0.2) is 22.2 Å². The molecule has 3 rings (SSSR count). The summed E-state index contributed by atoms with van der Waals surface area (Å²) in [6, 6.07) is 12.9. The van der Waals surface area contributed by atoms with Gasteiger partial charge in [-0.1, -0.05) is 30.3 Å². The second kappa shape index (κ2) is 5.72. The zero-order valence-electron chi connectivity index (χ0n) is 12.8. The van der Waals surface area contributed by atoms with Crippen LogP contribution in [0.25, 0.3) is 0 Å². The SMILES string of the molecule is CC(C)(c1ccccc1)N1C(=O)c2c(I)cc(C=O)cc2C1O. The molecular weight excluding hydrogens is 405 g/mol. The average molecular weight is 421 g/mol. The fraction of sp³-hybridized carbons (Fsp3) is 0.222. The van der Waals surface area contributed by atoms with Gasteiger partial charge in [-0.3, -0.25) is 14.5 Å². The Balaban J connectivity index is 2.12. The summed E-state index contributed by atoms with van der Waals surface area (Å²) >= 11 is 2.04. The van der Waals surface area contributed by atoms with Crippen LogP contribution >= 0.6 is 22.6 Å². The molecule has 1 unspecified atom stereocenters. The largest absolute Gasteiger partial charge is 0.369 e. The first-order valence-electron chi connectivity index (χ1n) is 7.24. The molecule has 0 radical (unpaired) electrons. The monoisotopic (exact) mass is 421 g/mol. The maximum atomic E-state index is 12.9. The van der Waals surface area contributed by atoms with Crippen molar-refractivity contribution in [2.24, 2.45) is 0 Å². The second-order valence-electron chi connectivity index (χ2n) is 6.06. The summed E-state index contributed by atoms with van der Waals surface area (Å²) in [6.45, 7) is 3.81. The third-order valence-electron chi connectivity index (χ3n) is 4.32. The minimum absolute atomic E-state index is 0.219. The molecule has 118 valence electrons. The van der Waals surface area contributed by atoms with Crippen LogP contribution < -0.4 is 0 Å². The van der Waals surface area contributed by atoms with Crippen molar-refractivity contribution >= 4 is 34.8 Å². The number of nitrogens with zero attached hydrogens (tertiary/aromatic N) is 1. The minimum atomic E-state index is -1.07. The second-order valence-corrected chi connectivity index (χ2v) is 7.22. The van der Waals surface area contributed by atoms with Gasteiger partial charge in [-0.15, -0.1) is 0 Å². The van der Waals surface area contributed by atoms with Crippen molar-refractivity contribution in [2.75, 3.05) is 0 Å². The van der Waals surface area contributed by atoms with Crippen molar-refractivity contribution < 1.29 is 14.7 Å². The van der Waals surface area contributed by atoms with E-state index in [1.54, 1.807) is 12.1 Å². The molecular formula is C18H16INO3. The molecule has 1 aliphatic heterocycles. The van der Waals surface area contributed by atoms with Gasteiger partial charge >= 0.3 is 0 Å². The van der Waals surface area contributed by atoms with E-state index in [2.05, 4.69) is 0 Å². The van der Waals surface area contributed by atoms with Crippen LogP contribution in [0, 0.1) is 3.57 Å². The Morgan fingerprint density at radius 1 is 1.22 bits per heavy atom. The molecule has 0 fully saturated rings. The van der Waals surface area contributed by atoms with Gasteiger partial charge in [0.15, 0.2) is 6.23 Å². The fourth-order valence-corrected chi connectivity index (χ4v) is 3.96. The molecule has 1 heterocycles. The molecule has 5 heteroatoms. The van der Waals surface area contributed by atoms with Crippen LogP contribution in [0.5, 0.6) is 0 Å². The number of amides is 1. The third-order valence-corrected chi connectivity index (χ3v) is 5.17. The van der Waals surface area contributed by atoms with Gasteiger partial charge in [-0.25, -0.2) is 0 Å². The van der Waals surface area contributed by atoms with E-state index < -0.39 is 11.8 Å². The lowest BCUT2D eigenvalue weighted by atomic mass is 9.92. The molecule has 2 aromatic carbocycles. The molecule has 1 N–H and O–H groups in total. The van der Waals surface area contributed by atoms with E-state index in [0.717, 1.165) is 11.8 Å². The Morgan fingerprint density at radius 3 is 2.48 bits per heavy atom. The normalized spacial score (nSPS) is 17.3. The van der Waals surface area contributed by atoms with Gasteiger partial charge in [0.1, 0.15) is 6.29 Å². The van der Waals surface area contributed by atoms with E-state index in [9.17, 15) is 14.7 Å². The Kier molecular flexibility index (Phi) is 4.01. The lowest BCUT2D eigenvalue weighted by molar-refractivity contribution is -0.0305. The zero-order valence-corrected chi connectivity index (χ0v) is 14.9. The van der Waals surface area contributed by atoms with Gasteiger partial charge in [-0.2, -0.15) is 0 Å². The molecule has 1 atom stereocenters. The van der Waals surface area contributed by atoms with E-state index in [0.29, 0.717) is 20.3 Å². The van der Waals surface area contributed by atoms with E-state index in [1.807, 2.05) is 66.8 Å². The number of aliphatic hydroxyl groups excluding tert-OH is 1. The minimum Gasteiger partial charge on any atom is -0.369 e. The maximum absolute atomic E-state index is 12.9. The standard InChI is InChI=1S/C18H16INO3/c1-18(2,12-6-4-3-5-7-12)20-16(22)13-8-11(10-21)9-14(19)15(13)17(20)23/h3-10,16,22H,1-2H3. The molecule has 0 aromatic heterocycles. The van der Waals surface area contributed by atoms with E-state index in [-0.39, 0.29) is 5.91 Å². The summed E-state index contributed by atoms with van der Waals surface area (Å²) in [5.74, 6) is -0.219. The van der Waals surface area contributed by atoms with Crippen LogP contribution in [0.2, 0.25) is 0 Å². The third kappa shape index (κ3) is 2.48. The number of benzene rings is 2. The summed E-state index contributed by atoms with van der Waals surface area (Å²) in [5.41, 5.74) is 1.69. The van der Waals surface area contributed by atoms with Gasteiger partial charge in [0, 0.05) is 14.7 Å². The van der Waals surface area contributed by atoms with Gasteiger partial charge in [0.2, 0.25) is 0 Å². The molecule has 1 amide bonds. The van der Waals surface area contributed by atoms with Crippen LogP contribution in [0.3, 0.4) is 0 Å². The highest BCUT2D eigenvalue weighted by Gasteiger charge is 2.45. The fourth-order valence-electron chi connectivity index (χ4n) is 3.06. The van der Waals surface area contributed by atoms with Crippen molar-refractivity contribution in [1.29, 1.82) is 0 Å². The van der Waals surface area contributed by atoms with E-state index in [1.165, 1.54) is 4.90 Å². The summed E-state index contributed by atoms with van der Waals surface area (Å²) < 4.78 is 0.678. The van der Waals surface area contributed by atoms with Crippen LogP contribution in [0.4, 0.5) is 0 Å². The topological polar surface area (TPSA) is 57.6 Å². The first-order chi connectivity index (χ1) is 10.9. The molecule has 0 saturated carbocycles. The van der Waals surface area contributed by atoms with Crippen LogP contribution in [0.15, 0.2) is 42.5 Å². The molecule has 0 saturated heterocycles. The molecule has 1 aliphatic rings. The number of carbonyl (C=O) groups excluding carboxylic acids is 2. The molecule has 4 nitrogen and oxygen atoms in total. The van der Waals surface area contributed by atoms with Gasteiger partial charge < -0.3 is 5.11 Å². The van der Waals surface area contributed by atoms with Crippen molar-refractivity contribution in [3.05, 3.63) is 68.3 Å². The van der Waals surface area contributed by atoms with Crippen molar-refractivity contribution in [3.8, 4) is 0 Å². The number of rotatable bonds is 3. The van der Waals surface area contributed by atoms with Crippen molar-refractivity contribution in [2.45, 2.75) is 25.6 Å². The lowest BCUT2D eigenvalue weighted by Gasteiger charge is -2.38. The van der Waals surface area contributed by atoms with Crippen LogP contribution in [0.1, 0.15) is 51.9 Å². The number of halogens is 1. The summed E-state index contributed by atoms with van der Waals surface area (Å²) in [4.78, 5) is 25.5. The van der Waals surface area contributed by atoms with Gasteiger partial charge in [-0.05, 0) is 54.1 Å². The summed E-state index contributed by atoms with van der Waals surface area (Å²) in [7, 11) is 0. The van der Waals surface area contributed by atoms with Gasteiger partial charge in [0.25, 0.3) is 5.91 Å². The quantitative estimate of drug-likeness (QED) is 0.610. The predicted molar refractivity (Wildman–Crippen MR) is 95.1 cm³/mol. The van der Waals surface area contributed by atoms with Crippen molar-refractivity contribution in [1.82, 2.24) is 4.90 Å². The first kappa shape index (κ1) is 16.1. The highest BCUT2D eigenvalue weighted by Crippen LogP contribution is 2.43. The molecule has 0 bridgehead atoms. The number of hydrogen-bond acceptors (Lipinski definition) is 3. The number of fused-ring (bicyclic) bond motifs is 1. The molecule has 0 spiro atoms. The first-order valence-corrected chi connectivity index (χ1v) is 8.31. The highest BCUT2D eigenvalue weighted by molar-refractivity contribution is 14.1. The van der Waals surface area contributed by atoms with E-state index in [4.69, 9.17) is 0 Å². The number of aliphatic hydroxyl groups is 1. The van der Waals surface area contributed by atoms with E-state index >= 15 is 0 Å². The Hall–Kier alpha value is -1.73.